The fraction of sp³-hybridized carbons (Fsp3) is 0.917. The number of amides is 1. The summed E-state index contributed by atoms with van der Waals surface area (Å²) >= 11 is 0. The molecule has 2 heterocycles. The predicted octanol–water partition coefficient (Wildman–Crippen LogP) is -1.68. The summed E-state index contributed by atoms with van der Waals surface area (Å²) in [6, 6.07) is 0. The van der Waals surface area contributed by atoms with Gasteiger partial charge in [0.15, 0.2) is 0 Å². The number of carbonyl (C=O) groups is 1. The lowest BCUT2D eigenvalue weighted by Gasteiger charge is -2.37. The number of nitrogens with one attached hydrogen (secondary N) is 1. The van der Waals surface area contributed by atoms with E-state index in [1.54, 1.807) is 11.9 Å². The molecule has 1 N–H and O–H groups in total. The van der Waals surface area contributed by atoms with Gasteiger partial charge in [0.25, 0.3) is 10.2 Å². The molecule has 0 aromatic carbocycles. The second-order valence-electron chi connectivity index (χ2n) is 5.15. The summed E-state index contributed by atoms with van der Waals surface area (Å²) in [6.07, 6.45) is 0.451. The first-order chi connectivity index (χ1) is 10.1. The SMILES string of the molecule is CNCCC(=O)N1CCN(S(=O)(=O)N2CCOCC2)CC1. The van der Waals surface area contributed by atoms with Crippen molar-refractivity contribution in [2.75, 3.05) is 66.1 Å². The summed E-state index contributed by atoms with van der Waals surface area (Å²) in [5, 5.41) is 2.94. The van der Waals surface area contributed by atoms with Crippen LogP contribution in [0, 0.1) is 0 Å². The summed E-state index contributed by atoms with van der Waals surface area (Å²) in [5.74, 6) is 0.0766. The van der Waals surface area contributed by atoms with Gasteiger partial charge in [-0.2, -0.15) is 17.0 Å². The van der Waals surface area contributed by atoms with Gasteiger partial charge in [0, 0.05) is 52.2 Å². The van der Waals surface area contributed by atoms with Gasteiger partial charge < -0.3 is 15.0 Å². The normalized spacial score (nSPS) is 22.4. The van der Waals surface area contributed by atoms with Crippen molar-refractivity contribution < 1.29 is 17.9 Å². The molecule has 2 fully saturated rings. The van der Waals surface area contributed by atoms with Crippen LogP contribution in [-0.2, 0) is 19.7 Å². The largest absolute Gasteiger partial charge is 0.379 e. The molecule has 0 saturated carbocycles. The Labute approximate surface area is 126 Å². The minimum absolute atomic E-state index is 0.0766. The number of morpholine rings is 1. The fourth-order valence-corrected chi connectivity index (χ4v) is 4.06. The van der Waals surface area contributed by atoms with Gasteiger partial charge in [-0.1, -0.05) is 0 Å². The van der Waals surface area contributed by atoms with E-state index in [0.29, 0.717) is 65.4 Å². The highest BCUT2D eigenvalue weighted by atomic mass is 32.2. The number of piperazine rings is 1. The van der Waals surface area contributed by atoms with Crippen molar-refractivity contribution in [3.63, 3.8) is 0 Å². The van der Waals surface area contributed by atoms with E-state index in [4.69, 9.17) is 4.74 Å². The Kier molecular flexibility index (Phi) is 5.94. The lowest BCUT2D eigenvalue weighted by Crippen LogP contribution is -2.55. The molecule has 2 rings (SSSR count). The zero-order chi connectivity index (χ0) is 15.3. The third-order valence-corrected chi connectivity index (χ3v) is 5.84. The Hall–Kier alpha value is -0.740. The van der Waals surface area contributed by atoms with Crippen LogP contribution in [0.2, 0.25) is 0 Å². The molecule has 2 aliphatic heterocycles. The number of carbonyl (C=O) groups excluding carboxylic acids is 1. The minimum Gasteiger partial charge on any atom is -0.379 e. The molecule has 21 heavy (non-hydrogen) atoms. The summed E-state index contributed by atoms with van der Waals surface area (Å²) < 4.78 is 33.1. The maximum Gasteiger partial charge on any atom is 0.282 e. The zero-order valence-corrected chi connectivity index (χ0v) is 13.3. The Morgan fingerprint density at radius 3 is 2.19 bits per heavy atom. The van der Waals surface area contributed by atoms with E-state index in [1.807, 2.05) is 0 Å². The van der Waals surface area contributed by atoms with Crippen LogP contribution in [-0.4, -0.2) is 93.9 Å². The number of ether oxygens (including phenoxy) is 1. The molecule has 0 aromatic heterocycles. The van der Waals surface area contributed by atoms with Crippen LogP contribution in [0.4, 0.5) is 0 Å². The molecule has 0 bridgehead atoms. The molecule has 0 unspecified atom stereocenters. The molecule has 9 heteroatoms. The van der Waals surface area contributed by atoms with Crippen molar-refractivity contribution in [3.8, 4) is 0 Å². The van der Waals surface area contributed by atoms with E-state index in [9.17, 15) is 13.2 Å². The molecule has 2 aliphatic rings. The summed E-state index contributed by atoms with van der Waals surface area (Å²) in [5.41, 5.74) is 0. The first-order valence-electron chi connectivity index (χ1n) is 7.31. The van der Waals surface area contributed by atoms with Crippen LogP contribution >= 0.6 is 0 Å². The fourth-order valence-electron chi connectivity index (χ4n) is 2.50. The monoisotopic (exact) mass is 320 g/mol. The molecule has 122 valence electrons. The second-order valence-corrected chi connectivity index (χ2v) is 7.08. The van der Waals surface area contributed by atoms with Crippen LogP contribution < -0.4 is 5.32 Å². The van der Waals surface area contributed by atoms with Crippen LogP contribution in [0.1, 0.15) is 6.42 Å². The molecule has 0 spiro atoms. The van der Waals surface area contributed by atoms with Crippen molar-refractivity contribution in [1.82, 2.24) is 18.8 Å². The summed E-state index contributed by atoms with van der Waals surface area (Å²) in [6.45, 7) is 4.01. The van der Waals surface area contributed by atoms with Crippen LogP contribution in [0.15, 0.2) is 0 Å². The number of rotatable bonds is 5. The Morgan fingerprint density at radius 1 is 1.05 bits per heavy atom. The number of nitrogens with zero attached hydrogens (tertiary/aromatic N) is 3. The topological polar surface area (TPSA) is 82.2 Å². The van der Waals surface area contributed by atoms with Gasteiger partial charge in [-0.25, -0.2) is 0 Å². The standard InChI is InChI=1S/C12H24N4O4S/c1-13-3-2-12(17)14-4-6-15(7-5-14)21(18,19)16-8-10-20-11-9-16/h13H,2-11H2,1H3. The highest BCUT2D eigenvalue weighted by molar-refractivity contribution is 7.86. The van der Waals surface area contributed by atoms with Crippen molar-refractivity contribution >= 4 is 16.1 Å². The van der Waals surface area contributed by atoms with Crippen molar-refractivity contribution in [3.05, 3.63) is 0 Å². The number of hydrogen-bond acceptors (Lipinski definition) is 5. The highest BCUT2D eigenvalue weighted by Crippen LogP contribution is 2.14. The van der Waals surface area contributed by atoms with Crippen molar-refractivity contribution in [2.24, 2.45) is 0 Å². The Morgan fingerprint density at radius 2 is 1.62 bits per heavy atom. The quantitative estimate of drug-likeness (QED) is 0.654. The third kappa shape index (κ3) is 4.13. The molecular weight excluding hydrogens is 296 g/mol. The highest BCUT2D eigenvalue weighted by Gasteiger charge is 2.33. The maximum atomic E-state index is 12.5. The first kappa shape index (κ1) is 16.6. The van der Waals surface area contributed by atoms with Crippen LogP contribution in [0.25, 0.3) is 0 Å². The Balaban J connectivity index is 1.86. The zero-order valence-electron chi connectivity index (χ0n) is 12.5. The van der Waals surface area contributed by atoms with Crippen molar-refractivity contribution in [1.29, 1.82) is 0 Å². The lowest BCUT2D eigenvalue weighted by molar-refractivity contribution is -0.132. The van der Waals surface area contributed by atoms with Crippen molar-refractivity contribution in [2.45, 2.75) is 6.42 Å². The first-order valence-corrected chi connectivity index (χ1v) is 8.70. The van der Waals surface area contributed by atoms with Gasteiger partial charge in [0.2, 0.25) is 5.91 Å². The van der Waals surface area contributed by atoms with E-state index in [2.05, 4.69) is 5.32 Å². The molecular formula is C12H24N4O4S. The van der Waals surface area contributed by atoms with E-state index in [-0.39, 0.29) is 5.91 Å². The number of hydrogen-bond donors (Lipinski definition) is 1. The molecule has 0 radical (unpaired) electrons. The van der Waals surface area contributed by atoms with Gasteiger partial charge in [0.1, 0.15) is 0 Å². The molecule has 0 atom stereocenters. The second kappa shape index (κ2) is 7.50. The molecule has 8 nitrogen and oxygen atoms in total. The minimum atomic E-state index is -3.41. The van der Waals surface area contributed by atoms with Crippen LogP contribution in [0.3, 0.4) is 0 Å². The van der Waals surface area contributed by atoms with Gasteiger partial charge in [-0.05, 0) is 7.05 Å². The average Bonchev–Trinajstić information content (AvgIpc) is 2.53. The average molecular weight is 320 g/mol. The molecule has 2 saturated heterocycles. The van der Waals surface area contributed by atoms with Gasteiger partial charge in [0.05, 0.1) is 13.2 Å². The van der Waals surface area contributed by atoms with E-state index < -0.39 is 10.2 Å². The van der Waals surface area contributed by atoms with E-state index in [1.165, 1.54) is 8.61 Å². The van der Waals surface area contributed by atoms with E-state index in [0.717, 1.165) is 0 Å². The smallest absolute Gasteiger partial charge is 0.282 e. The molecule has 1 amide bonds. The maximum absolute atomic E-state index is 12.5. The molecule has 0 aliphatic carbocycles. The van der Waals surface area contributed by atoms with E-state index >= 15 is 0 Å². The summed E-state index contributed by atoms with van der Waals surface area (Å²) in [7, 11) is -1.61. The lowest BCUT2D eigenvalue weighted by atomic mass is 10.3. The van der Waals surface area contributed by atoms with Gasteiger partial charge >= 0.3 is 0 Å². The molecule has 0 aromatic rings. The predicted molar refractivity (Wildman–Crippen MR) is 78.0 cm³/mol. The summed E-state index contributed by atoms with van der Waals surface area (Å²) in [4.78, 5) is 13.6. The van der Waals surface area contributed by atoms with Gasteiger partial charge in [-0.3, -0.25) is 4.79 Å². The third-order valence-electron chi connectivity index (χ3n) is 3.80. The van der Waals surface area contributed by atoms with Gasteiger partial charge in [-0.15, -0.1) is 0 Å². The van der Waals surface area contributed by atoms with Crippen LogP contribution in [0.5, 0.6) is 0 Å². The Bertz CT molecular complexity index is 442.